The van der Waals surface area contributed by atoms with E-state index in [9.17, 15) is 0 Å². The van der Waals surface area contributed by atoms with Crippen molar-refractivity contribution in [1.29, 1.82) is 0 Å². The average Bonchev–Trinajstić information content (AvgIpc) is 2.52. The Balaban J connectivity index is 2.17. The van der Waals surface area contributed by atoms with Crippen LogP contribution < -0.4 is 14.8 Å². The zero-order chi connectivity index (χ0) is 14.4. The molecule has 20 heavy (non-hydrogen) atoms. The molecule has 0 saturated heterocycles. The van der Waals surface area contributed by atoms with Crippen LogP contribution >= 0.6 is 0 Å². The predicted molar refractivity (Wildman–Crippen MR) is 82.7 cm³/mol. The number of aryl methyl sites for hydroxylation is 1. The van der Waals surface area contributed by atoms with Crippen LogP contribution in [0.25, 0.3) is 0 Å². The number of benzene rings is 2. The van der Waals surface area contributed by atoms with Gasteiger partial charge in [0.05, 0.1) is 19.9 Å². The van der Waals surface area contributed by atoms with Gasteiger partial charge in [0, 0.05) is 12.6 Å². The highest BCUT2D eigenvalue weighted by molar-refractivity contribution is 5.60. The molecule has 2 aromatic rings. The van der Waals surface area contributed by atoms with E-state index in [2.05, 4.69) is 36.5 Å². The van der Waals surface area contributed by atoms with E-state index in [0.717, 1.165) is 30.2 Å². The second kappa shape index (κ2) is 6.85. The molecule has 0 heterocycles. The lowest BCUT2D eigenvalue weighted by Gasteiger charge is -2.14. The summed E-state index contributed by atoms with van der Waals surface area (Å²) in [4.78, 5) is 0. The minimum Gasteiger partial charge on any atom is -0.497 e. The SMILES string of the molecule is CCc1ccccc1CNc1cc(OC)ccc1OC. The summed E-state index contributed by atoms with van der Waals surface area (Å²) in [5.74, 6) is 1.64. The fourth-order valence-corrected chi connectivity index (χ4v) is 2.22. The molecule has 0 fully saturated rings. The molecule has 0 radical (unpaired) electrons. The summed E-state index contributed by atoms with van der Waals surface area (Å²) in [6, 6.07) is 14.2. The Bertz CT molecular complexity index is 567. The second-order valence-electron chi connectivity index (χ2n) is 4.54. The minimum absolute atomic E-state index is 0.771. The second-order valence-corrected chi connectivity index (χ2v) is 4.54. The molecule has 0 aromatic heterocycles. The van der Waals surface area contributed by atoms with Crippen LogP contribution in [0.4, 0.5) is 5.69 Å². The standard InChI is InChI=1S/C17H21NO2/c1-4-13-7-5-6-8-14(13)12-18-16-11-15(19-2)9-10-17(16)20-3/h5-11,18H,4,12H2,1-3H3. The van der Waals surface area contributed by atoms with Crippen molar-refractivity contribution in [3.8, 4) is 11.5 Å². The molecule has 2 aromatic carbocycles. The average molecular weight is 271 g/mol. The Kier molecular flexibility index (Phi) is 4.88. The van der Waals surface area contributed by atoms with Gasteiger partial charge < -0.3 is 14.8 Å². The zero-order valence-electron chi connectivity index (χ0n) is 12.3. The van der Waals surface area contributed by atoms with Gasteiger partial charge in [-0.15, -0.1) is 0 Å². The monoisotopic (exact) mass is 271 g/mol. The Morgan fingerprint density at radius 1 is 0.950 bits per heavy atom. The molecule has 3 nitrogen and oxygen atoms in total. The number of hydrogen-bond donors (Lipinski definition) is 1. The topological polar surface area (TPSA) is 30.5 Å². The summed E-state index contributed by atoms with van der Waals surface area (Å²) in [6.07, 6.45) is 1.03. The molecular formula is C17H21NO2. The molecule has 0 atom stereocenters. The van der Waals surface area contributed by atoms with E-state index in [-0.39, 0.29) is 0 Å². The maximum Gasteiger partial charge on any atom is 0.142 e. The van der Waals surface area contributed by atoms with Gasteiger partial charge in [-0.25, -0.2) is 0 Å². The van der Waals surface area contributed by atoms with Gasteiger partial charge in [0.25, 0.3) is 0 Å². The molecule has 0 spiro atoms. The van der Waals surface area contributed by atoms with Gasteiger partial charge in [-0.05, 0) is 29.7 Å². The van der Waals surface area contributed by atoms with Crippen molar-refractivity contribution in [3.05, 3.63) is 53.6 Å². The van der Waals surface area contributed by atoms with E-state index in [1.165, 1.54) is 11.1 Å². The number of rotatable bonds is 6. The molecule has 0 aliphatic heterocycles. The highest BCUT2D eigenvalue weighted by Crippen LogP contribution is 2.29. The molecule has 1 N–H and O–H groups in total. The van der Waals surface area contributed by atoms with Crippen molar-refractivity contribution >= 4 is 5.69 Å². The van der Waals surface area contributed by atoms with E-state index < -0.39 is 0 Å². The molecule has 0 unspecified atom stereocenters. The van der Waals surface area contributed by atoms with Gasteiger partial charge in [0.15, 0.2) is 0 Å². The van der Waals surface area contributed by atoms with E-state index in [4.69, 9.17) is 9.47 Å². The summed E-state index contributed by atoms with van der Waals surface area (Å²) < 4.78 is 10.6. The molecule has 106 valence electrons. The predicted octanol–water partition coefficient (Wildman–Crippen LogP) is 3.88. The van der Waals surface area contributed by atoms with Crippen LogP contribution in [0.2, 0.25) is 0 Å². The fraction of sp³-hybridized carbons (Fsp3) is 0.294. The minimum atomic E-state index is 0.771. The Labute approximate surface area is 120 Å². The van der Waals surface area contributed by atoms with Crippen LogP contribution in [0.5, 0.6) is 11.5 Å². The number of anilines is 1. The third kappa shape index (κ3) is 3.23. The molecule has 0 saturated carbocycles. The summed E-state index contributed by atoms with van der Waals surface area (Å²) >= 11 is 0. The van der Waals surface area contributed by atoms with E-state index in [1.807, 2.05) is 18.2 Å². The van der Waals surface area contributed by atoms with Gasteiger partial charge in [-0.2, -0.15) is 0 Å². The van der Waals surface area contributed by atoms with Crippen LogP contribution in [0.15, 0.2) is 42.5 Å². The lowest BCUT2D eigenvalue weighted by atomic mass is 10.1. The van der Waals surface area contributed by atoms with Crippen LogP contribution in [-0.4, -0.2) is 14.2 Å². The molecule has 0 amide bonds. The van der Waals surface area contributed by atoms with E-state index >= 15 is 0 Å². The number of ether oxygens (including phenoxy) is 2. The molecule has 0 aliphatic rings. The maximum atomic E-state index is 5.37. The zero-order valence-corrected chi connectivity index (χ0v) is 12.3. The van der Waals surface area contributed by atoms with Crippen molar-refractivity contribution in [2.24, 2.45) is 0 Å². The number of methoxy groups -OCH3 is 2. The number of nitrogens with one attached hydrogen (secondary N) is 1. The van der Waals surface area contributed by atoms with Crippen molar-refractivity contribution in [3.63, 3.8) is 0 Å². The highest BCUT2D eigenvalue weighted by Gasteiger charge is 2.06. The molecule has 3 heteroatoms. The third-order valence-electron chi connectivity index (χ3n) is 3.38. The van der Waals surface area contributed by atoms with Gasteiger partial charge in [-0.1, -0.05) is 31.2 Å². The summed E-state index contributed by atoms with van der Waals surface area (Å²) in [5.41, 5.74) is 3.61. The van der Waals surface area contributed by atoms with Crippen molar-refractivity contribution < 1.29 is 9.47 Å². The molecule has 2 rings (SSSR count). The third-order valence-corrected chi connectivity index (χ3v) is 3.38. The highest BCUT2D eigenvalue weighted by atomic mass is 16.5. The van der Waals surface area contributed by atoms with Gasteiger partial charge >= 0.3 is 0 Å². The van der Waals surface area contributed by atoms with Crippen molar-refractivity contribution in [2.45, 2.75) is 19.9 Å². The van der Waals surface area contributed by atoms with Gasteiger partial charge in [0.1, 0.15) is 11.5 Å². The maximum absolute atomic E-state index is 5.37. The first-order valence-corrected chi connectivity index (χ1v) is 6.81. The number of hydrogen-bond acceptors (Lipinski definition) is 3. The summed E-state index contributed by atoms with van der Waals surface area (Å²) in [5, 5.41) is 3.42. The van der Waals surface area contributed by atoms with Crippen LogP contribution in [0.3, 0.4) is 0 Å². The van der Waals surface area contributed by atoms with Crippen LogP contribution in [0.1, 0.15) is 18.1 Å². The van der Waals surface area contributed by atoms with Crippen LogP contribution in [-0.2, 0) is 13.0 Å². The Hall–Kier alpha value is -2.16. The van der Waals surface area contributed by atoms with Gasteiger partial charge in [-0.3, -0.25) is 0 Å². The lowest BCUT2D eigenvalue weighted by molar-refractivity contribution is 0.404. The van der Waals surface area contributed by atoms with Crippen molar-refractivity contribution in [1.82, 2.24) is 0 Å². The van der Waals surface area contributed by atoms with E-state index in [1.54, 1.807) is 14.2 Å². The fourth-order valence-electron chi connectivity index (χ4n) is 2.22. The molecule has 0 aliphatic carbocycles. The van der Waals surface area contributed by atoms with Crippen LogP contribution in [0, 0.1) is 0 Å². The Morgan fingerprint density at radius 2 is 1.70 bits per heavy atom. The normalized spacial score (nSPS) is 10.2. The van der Waals surface area contributed by atoms with Gasteiger partial charge in [0.2, 0.25) is 0 Å². The Morgan fingerprint density at radius 3 is 2.35 bits per heavy atom. The summed E-state index contributed by atoms with van der Waals surface area (Å²) in [7, 11) is 3.34. The lowest BCUT2D eigenvalue weighted by Crippen LogP contribution is -2.04. The van der Waals surface area contributed by atoms with E-state index in [0.29, 0.717) is 0 Å². The molecule has 0 bridgehead atoms. The largest absolute Gasteiger partial charge is 0.497 e. The van der Waals surface area contributed by atoms with Crippen molar-refractivity contribution in [2.75, 3.05) is 19.5 Å². The molecular weight excluding hydrogens is 250 g/mol. The first-order chi connectivity index (χ1) is 9.78. The smallest absolute Gasteiger partial charge is 0.142 e. The first kappa shape index (κ1) is 14.3. The first-order valence-electron chi connectivity index (χ1n) is 6.81. The summed E-state index contributed by atoms with van der Waals surface area (Å²) in [6.45, 7) is 2.94. The quantitative estimate of drug-likeness (QED) is 0.865.